The molecule has 3 nitrogen and oxygen atoms in total. The number of rotatable bonds is 5. The molecule has 6 heteroatoms. The topological polar surface area (TPSA) is 49.3 Å². The molecule has 19 heavy (non-hydrogen) atoms. The van der Waals surface area contributed by atoms with Gasteiger partial charge in [-0.3, -0.25) is 4.79 Å². The second-order valence-electron chi connectivity index (χ2n) is 4.74. The molecule has 1 unspecified atom stereocenters. The van der Waals surface area contributed by atoms with Gasteiger partial charge in [0.25, 0.3) is 5.91 Å². The number of aliphatic hydroxyl groups excluding tert-OH is 1. The Morgan fingerprint density at radius 3 is 2.21 bits per heavy atom. The summed E-state index contributed by atoms with van der Waals surface area (Å²) in [5, 5.41) is 11.5. The van der Waals surface area contributed by atoms with Crippen LogP contribution in [0.5, 0.6) is 0 Å². The van der Waals surface area contributed by atoms with Crippen molar-refractivity contribution in [2.24, 2.45) is 5.92 Å². The molecular formula is C13H16F3NO2. The van der Waals surface area contributed by atoms with Gasteiger partial charge in [0.2, 0.25) is 0 Å². The third-order valence-corrected chi connectivity index (χ3v) is 2.56. The van der Waals surface area contributed by atoms with Crippen molar-refractivity contribution in [2.75, 3.05) is 6.61 Å². The molecule has 0 bridgehead atoms. The van der Waals surface area contributed by atoms with Crippen LogP contribution >= 0.6 is 0 Å². The van der Waals surface area contributed by atoms with Gasteiger partial charge in [-0.05, 0) is 24.5 Å². The second kappa shape index (κ2) is 6.56. The fourth-order valence-corrected chi connectivity index (χ4v) is 1.70. The van der Waals surface area contributed by atoms with Crippen LogP contribution in [-0.2, 0) is 0 Å². The van der Waals surface area contributed by atoms with Crippen LogP contribution < -0.4 is 5.32 Å². The van der Waals surface area contributed by atoms with Crippen LogP contribution in [0.25, 0.3) is 0 Å². The minimum atomic E-state index is -1.61. The van der Waals surface area contributed by atoms with Crippen molar-refractivity contribution < 1.29 is 23.1 Å². The molecule has 1 rings (SSSR count). The summed E-state index contributed by atoms with van der Waals surface area (Å²) in [6, 6.07) is 0.735. The first-order valence-electron chi connectivity index (χ1n) is 5.91. The van der Waals surface area contributed by atoms with Gasteiger partial charge < -0.3 is 10.4 Å². The summed E-state index contributed by atoms with van der Waals surface area (Å²) >= 11 is 0. The average Bonchev–Trinajstić information content (AvgIpc) is 2.33. The van der Waals surface area contributed by atoms with Crippen LogP contribution in [0.15, 0.2) is 12.1 Å². The summed E-state index contributed by atoms with van der Waals surface area (Å²) < 4.78 is 38.7. The minimum Gasteiger partial charge on any atom is -0.394 e. The van der Waals surface area contributed by atoms with Gasteiger partial charge in [0, 0.05) is 5.56 Å². The molecular weight excluding hydrogens is 259 g/mol. The third kappa shape index (κ3) is 4.24. The Kier molecular flexibility index (Phi) is 5.35. The van der Waals surface area contributed by atoms with Gasteiger partial charge in [0.15, 0.2) is 17.5 Å². The predicted molar refractivity (Wildman–Crippen MR) is 64.1 cm³/mol. The molecule has 0 heterocycles. The first-order valence-corrected chi connectivity index (χ1v) is 5.91. The average molecular weight is 275 g/mol. The van der Waals surface area contributed by atoms with E-state index in [1.165, 1.54) is 0 Å². The van der Waals surface area contributed by atoms with E-state index in [0.29, 0.717) is 18.6 Å². The van der Waals surface area contributed by atoms with Crippen LogP contribution in [0, 0.1) is 23.4 Å². The van der Waals surface area contributed by atoms with Crippen LogP contribution in [0.3, 0.4) is 0 Å². The summed E-state index contributed by atoms with van der Waals surface area (Å²) in [5.74, 6) is -4.97. The lowest BCUT2D eigenvalue weighted by Crippen LogP contribution is -2.38. The van der Waals surface area contributed by atoms with Gasteiger partial charge in [0.05, 0.1) is 12.6 Å². The summed E-state index contributed by atoms with van der Waals surface area (Å²) in [4.78, 5) is 11.7. The zero-order valence-corrected chi connectivity index (χ0v) is 10.7. The maximum absolute atomic E-state index is 13.0. The number of carbonyl (C=O) groups is 1. The van der Waals surface area contributed by atoms with Crippen molar-refractivity contribution in [3.05, 3.63) is 35.1 Å². The molecule has 0 aliphatic carbocycles. The van der Waals surface area contributed by atoms with E-state index >= 15 is 0 Å². The highest BCUT2D eigenvalue weighted by Crippen LogP contribution is 2.14. The number of amides is 1. The molecule has 0 aliphatic rings. The maximum Gasteiger partial charge on any atom is 0.251 e. The zero-order chi connectivity index (χ0) is 14.6. The van der Waals surface area contributed by atoms with Crippen molar-refractivity contribution in [1.82, 2.24) is 5.32 Å². The molecule has 0 spiro atoms. The predicted octanol–water partition coefficient (Wildman–Crippen LogP) is 2.24. The molecule has 0 aromatic heterocycles. The van der Waals surface area contributed by atoms with Crippen LogP contribution in [0.2, 0.25) is 0 Å². The number of benzene rings is 1. The SMILES string of the molecule is CC(C)CC(CO)NC(=O)c1cc(F)c(F)c(F)c1. The summed E-state index contributed by atoms with van der Waals surface area (Å²) in [7, 11) is 0. The molecule has 0 fully saturated rings. The Labute approximate surface area is 109 Å². The highest BCUT2D eigenvalue weighted by molar-refractivity contribution is 5.94. The van der Waals surface area contributed by atoms with Crippen molar-refractivity contribution in [3.63, 3.8) is 0 Å². The third-order valence-electron chi connectivity index (χ3n) is 2.56. The molecule has 0 saturated heterocycles. The van der Waals surface area contributed by atoms with Crippen molar-refractivity contribution in [2.45, 2.75) is 26.3 Å². The summed E-state index contributed by atoms with van der Waals surface area (Å²) in [6.45, 7) is 3.54. The van der Waals surface area contributed by atoms with Gasteiger partial charge in [-0.2, -0.15) is 0 Å². The lowest BCUT2D eigenvalue weighted by molar-refractivity contribution is 0.0907. The highest BCUT2D eigenvalue weighted by Gasteiger charge is 2.18. The molecule has 0 aliphatic heterocycles. The van der Waals surface area contributed by atoms with Crippen LogP contribution in [0.4, 0.5) is 13.2 Å². The Morgan fingerprint density at radius 1 is 1.26 bits per heavy atom. The molecule has 106 valence electrons. The van der Waals surface area contributed by atoms with Gasteiger partial charge in [-0.25, -0.2) is 13.2 Å². The van der Waals surface area contributed by atoms with Gasteiger partial charge in [-0.1, -0.05) is 13.8 Å². The summed E-state index contributed by atoms with van der Waals surface area (Å²) in [6.07, 6.45) is 0.522. The molecule has 1 atom stereocenters. The van der Waals surface area contributed by atoms with Gasteiger partial charge >= 0.3 is 0 Å². The highest BCUT2D eigenvalue weighted by atomic mass is 19.2. The van der Waals surface area contributed by atoms with E-state index in [-0.39, 0.29) is 18.1 Å². The van der Waals surface area contributed by atoms with E-state index in [1.54, 1.807) is 0 Å². The molecule has 1 aromatic carbocycles. The van der Waals surface area contributed by atoms with Crippen molar-refractivity contribution in [1.29, 1.82) is 0 Å². The lowest BCUT2D eigenvalue weighted by atomic mass is 10.0. The zero-order valence-electron chi connectivity index (χ0n) is 10.7. The second-order valence-corrected chi connectivity index (χ2v) is 4.74. The Bertz CT molecular complexity index is 440. The minimum absolute atomic E-state index is 0.235. The normalized spacial score (nSPS) is 12.6. The van der Waals surface area contributed by atoms with E-state index in [4.69, 9.17) is 5.11 Å². The van der Waals surface area contributed by atoms with Crippen LogP contribution in [-0.4, -0.2) is 23.7 Å². The molecule has 1 aromatic rings. The molecule has 0 radical (unpaired) electrons. The number of hydrogen-bond donors (Lipinski definition) is 2. The summed E-state index contributed by atoms with van der Waals surface area (Å²) in [5.41, 5.74) is -0.321. The quantitative estimate of drug-likeness (QED) is 0.810. The monoisotopic (exact) mass is 275 g/mol. The van der Waals surface area contributed by atoms with E-state index in [1.807, 2.05) is 13.8 Å². The smallest absolute Gasteiger partial charge is 0.251 e. The Hall–Kier alpha value is -1.56. The first-order chi connectivity index (χ1) is 8.85. The van der Waals surface area contributed by atoms with Crippen molar-refractivity contribution in [3.8, 4) is 0 Å². The van der Waals surface area contributed by atoms with E-state index < -0.39 is 29.4 Å². The number of nitrogens with one attached hydrogen (secondary N) is 1. The number of aliphatic hydroxyl groups is 1. The number of halogens is 3. The first kappa shape index (κ1) is 15.5. The fraction of sp³-hybridized carbons (Fsp3) is 0.462. The fourth-order valence-electron chi connectivity index (χ4n) is 1.70. The number of hydrogen-bond acceptors (Lipinski definition) is 2. The number of carbonyl (C=O) groups excluding carboxylic acids is 1. The van der Waals surface area contributed by atoms with Gasteiger partial charge in [0.1, 0.15) is 0 Å². The molecule has 2 N–H and O–H groups in total. The maximum atomic E-state index is 13.0. The van der Waals surface area contributed by atoms with Crippen LogP contribution in [0.1, 0.15) is 30.6 Å². The molecule has 1 amide bonds. The van der Waals surface area contributed by atoms with E-state index in [2.05, 4.69) is 5.32 Å². The Morgan fingerprint density at radius 2 is 1.79 bits per heavy atom. The Balaban J connectivity index is 2.83. The van der Waals surface area contributed by atoms with Crippen molar-refractivity contribution >= 4 is 5.91 Å². The largest absolute Gasteiger partial charge is 0.394 e. The van der Waals surface area contributed by atoms with E-state index in [9.17, 15) is 18.0 Å². The van der Waals surface area contributed by atoms with Gasteiger partial charge in [-0.15, -0.1) is 0 Å². The van der Waals surface area contributed by atoms with E-state index in [0.717, 1.165) is 0 Å². The standard InChI is InChI=1S/C13H16F3NO2/c1-7(2)3-9(6-18)17-13(19)8-4-10(14)12(16)11(15)5-8/h4-5,7,9,18H,3,6H2,1-2H3,(H,17,19). The lowest BCUT2D eigenvalue weighted by Gasteiger charge is -2.18. The molecule has 0 saturated carbocycles.